The lowest BCUT2D eigenvalue weighted by Gasteiger charge is -2.09. The molecule has 0 amide bonds. The van der Waals surface area contributed by atoms with E-state index in [0.717, 1.165) is 23.5 Å². The Bertz CT molecular complexity index is 496. The lowest BCUT2D eigenvalue weighted by molar-refractivity contribution is 0.607. The molecule has 17 heavy (non-hydrogen) atoms. The minimum Gasteiger partial charge on any atom is -0.366 e. The summed E-state index contributed by atoms with van der Waals surface area (Å²) in [5, 5.41) is 19.1. The van der Waals surface area contributed by atoms with Gasteiger partial charge in [-0.05, 0) is 25.0 Å². The Hall–Kier alpha value is -1.69. The Morgan fingerprint density at radius 2 is 2.12 bits per heavy atom. The second-order valence-electron chi connectivity index (χ2n) is 3.68. The third-order valence-corrected chi connectivity index (χ3v) is 2.93. The highest BCUT2D eigenvalue weighted by Gasteiger charge is 2.07. The van der Waals surface area contributed by atoms with Gasteiger partial charge in [0.15, 0.2) is 11.0 Å². The van der Waals surface area contributed by atoms with Crippen LogP contribution in [-0.4, -0.2) is 31.7 Å². The smallest absolute Gasteiger partial charge is 0.155 e. The van der Waals surface area contributed by atoms with Crippen LogP contribution in [0.1, 0.15) is 11.1 Å². The molecule has 0 aliphatic carbocycles. The maximum absolute atomic E-state index is 5.88. The topological polar surface area (TPSA) is 68.5 Å². The Morgan fingerprint density at radius 3 is 2.82 bits per heavy atom. The van der Waals surface area contributed by atoms with E-state index in [1.165, 1.54) is 0 Å². The van der Waals surface area contributed by atoms with Crippen LogP contribution in [0.15, 0.2) is 12.4 Å². The lowest BCUT2D eigenvalue weighted by atomic mass is 10.2. The van der Waals surface area contributed by atoms with Crippen LogP contribution in [0.25, 0.3) is 0 Å². The Kier molecular flexibility index (Phi) is 3.53. The van der Waals surface area contributed by atoms with Gasteiger partial charge in [0.25, 0.3) is 0 Å². The van der Waals surface area contributed by atoms with Crippen molar-refractivity contribution in [3.63, 3.8) is 0 Å². The van der Waals surface area contributed by atoms with E-state index < -0.39 is 0 Å². The molecule has 2 heterocycles. The van der Waals surface area contributed by atoms with Crippen LogP contribution in [0.2, 0.25) is 5.15 Å². The van der Waals surface area contributed by atoms with Crippen LogP contribution >= 0.6 is 11.6 Å². The number of halogens is 1. The van der Waals surface area contributed by atoms with Crippen molar-refractivity contribution in [2.75, 3.05) is 11.9 Å². The number of hydrogen-bond acceptors (Lipinski definition) is 5. The van der Waals surface area contributed by atoms with E-state index in [0.29, 0.717) is 11.7 Å². The normalized spacial score (nSPS) is 10.5. The van der Waals surface area contributed by atoms with Crippen LogP contribution in [0.3, 0.4) is 0 Å². The van der Waals surface area contributed by atoms with Crippen molar-refractivity contribution in [2.45, 2.75) is 20.4 Å². The molecule has 0 unspecified atom stereocenters. The summed E-state index contributed by atoms with van der Waals surface area (Å²) < 4.78 is 1.75. The molecule has 2 aromatic heterocycles. The number of nitrogens with zero attached hydrogens (tertiary/aromatic N) is 5. The molecule has 0 spiro atoms. The average Bonchev–Trinajstić information content (AvgIpc) is 2.82. The minimum atomic E-state index is 0.448. The highest BCUT2D eigenvalue weighted by atomic mass is 35.5. The van der Waals surface area contributed by atoms with E-state index in [1.54, 1.807) is 10.9 Å². The van der Waals surface area contributed by atoms with Crippen LogP contribution in [0.4, 0.5) is 5.82 Å². The zero-order valence-corrected chi connectivity index (χ0v) is 10.4. The van der Waals surface area contributed by atoms with Crippen molar-refractivity contribution >= 4 is 17.4 Å². The molecular weight excluding hydrogens is 240 g/mol. The van der Waals surface area contributed by atoms with Crippen molar-refractivity contribution in [3.8, 4) is 0 Å². The van der Waals surface area contributed by atoms with Gasteiger partial charge in [0, 0.05) is 12.7 Å². The summed E-state index contributed by atoms with van der Waals surface area (Å²) in [5.41, 5.74) is 1.97. The summed E-state index contributed by atoms with van der Waals surface area (Å²) >= 11 is 5.88. The fourth-order valence-corrected chi connectivity index (χ4v) is 1.56. The number of aromatic nitrogens is 5. The van der Waals surface area contributed by atoms with Gasteiger partial charge >= 0.3 is 0 Å². The van der Waals surface area contributed by atoms with Crippen molar-refractivity contribution in [2.24, 2.45) is 0 Å². The molecule has 0 saturated carbocycles. The molecule has 0 aliphatic rings. The first-order chi connectivity index (χ1) is 8.18. The summed E-state index contributed by atoms with van der Waals surface area (Å²) in [6.45, 7) is 5.32. The summed E-state index contributed by atoms with van der Waals surface area (Å²) in [6.07, 6.45) is 3.46. The van der Waals surface area contributed by atoms with Gasteiger partial charge in [0.05, 0.1) is 12.7 Å². The van der Waals surface area contributed by atoms with Gasteiger partial charge in [0.1, 0.15) is 0 Å². The molecule has 0 bridgehead atoms. The molecule has 0 radical (unpaired) electrons. The molecule has 0 saturated heterocycles. The van der Waals surface area contributed by atoms with Gasteiger partial charge in [-0.1, -0.05) is 16.8 Å². The Balaban J connectivity index is 1.97. The quantitative estimate of drug-likeness (QED) is 0.892. The average molecular weight is 253 g/mol. The molecule has 2 aromatic rings. The SMILES string of the molecule is Cc1c(Cl)nnc(NCCn2ccnn2)c1C. The van der Waals surface area contributed by atoms with Gasteiger partial charge in [-0.2, -0.15) is 0 Å². The Morgan fingerprint density at radius 1 is 1.29 bits per heavy atom. The zero-order chi connectivity index (χ0) is 12.3. The standard InChI is InChI=1S/C10H13ClN6/c1-7-8(2)10(15-14-9(7)11)12-3-5-17-6-4-13-16-17/h4,6H,3,5H2,1-2H3,(H,12,15). The third kappa shape index (κ3) is 2.71. The Labute approximate surface area is 104 Å². The van der Waals surface area contributed by atoms with E-state index in [2.05, 4.69) is 25.8 Å². The molecule has 1 N–H and O–H groups in total. The number of nitrogens with one attached hydrogen (secondary N) is 1. The molecule has 7 heteroatoms. The number of anilines is 1. The van der Waals surface area contributed by atoms with E-state index in [4.69, 9.17) is 11.6 Å². The van der Waals surface area contributed by atoms with E-state index in [9.17, 15) is 0 Å². The van der Waals surface area contributed by atoms with Gasteiger partial charge in [-0.15, -0.1) is 15.3 Å². The lowest BCUT2D eigenvalue weighted by Crippen LogP contribution is -2.13. The first-order valence-corrected chi connectivity index (χ1v) is 5.63. The monoisotopic (exact) mass is 252 g/mol. The van der Waals surface area contributed by atoms with Gasteiger partial charge in [0.2, 0.25) is 0 Å². The summed E-state index contributed by atoms with van der Waals surface area (Å²) in [6, 6.07) is 0. The highest BCUT2D eigenvalue weighted by Crippen LogP contribution is 2.20. The molecule has 0 fully saturated rings. The fraction of sp³-hybridized carbons (Fsp3) is 0.400. The molecule has 6 nitrogen and oxygen atoms in total. The second kappa shape index (κ2) is 5.09. The molecule has 0 aromatic carbocycles. The van der Waals surface area contributed by atoms with Gasteiger partial charge in [-0.25, -0.2) is 0 Å². The van der Waals surface area contributed by atoms with Crippen molar-refractivity contribution in [1.29, 1.82) is 0 Å². The number of rotatable bonds is 4. The van der Waals surface area contributed by atoms with Crippen LogP contribution in [0, 0.1) is 13.8 Å². The summed E-state index contributed by atoms with van der Waals surface area (Å²) in [4.78, 5) is 0. The van der Waals surface area contributed by atoms with E-state index in [1.807, 2.05) is 20.0 Å². The third-order valence-electron chi connectivity index (χ3n) is 2.57. The van der Waals surface area contributed by atoms with Gasteiger partial charge in [-0.3, -0.25) is 4.68 Å². The number of hydrogen-bond donors (Lipinski definition) is 1. The first kappa shape index (κ1) is 11.8. The predicted octanol–water partition coefficient (Wildman–Crippen LogP) is 1.45. The largest absolute Gasteiger partial charge is 0.366 e. The maximum atomic E-state index is 5.88. The molecule has 2 rings (SSSR count). The van der Waals surface area contributed by atoms with Crippen molar-refractivity contribution in [1.82, 2.24) is 25.2 Å². The van der Waals surface area contributed by atoms with Crippen LogP contribution < -0.4 is 5.32 Å². The summed E-state index contributed by atoms with van der Waals surface area (Å²) in [5.74, 6) is 0.756. The zero-order valence-electron chi connectivity index (χ0n) is 9.68. The van der Waals surface area contributed by atoms with Crippen molar-refractivity contribution in [3.05, 3.63) is 28.7 Å². The van der Waals surface area contributed by atoms with Gasteiger partial charge < -0.3 is 5.32 Å². The fourth-order valence-electron chi connectivity index (χ4n) is 1.38. The maximum Gasteiger partial charge on any atom is 0.155 e. The van der Waals surface area contributed by atoms with Crippen LogP contribution in [0.5, 0.6) is 0 Å². The molecule has 90 valence electrons. The molecule has 0 atom stereocenters. The second-order valence-corrected chi connectivity index (χ2v) is 4.04. The highest BCUT2D eigenvalue weighted by molar-refractivity contribution is 6.30. The predicted molar refractivity (Wildman–Crippen MR) is 65.0 cm³/mol. The summed E-state index contributed by atoms with van der Waals surface area (Å²) in [7, 11) is 0. The van der Waals surface area contributed by atoms with E-state index in [-0.39, 0.29) is 0 Å². The molecule has 0 aliphatic heterocycles. The molecular formula is C10H13ClN6. The van der Waals surface area contributed by atoms with Crippen LogP contribution in [-0.2, 0) is 6.54 Å². The first-order valence-electron chi connectivity index (χ1n) is 5.26. The van der Waals surface area contributed by atoms with Crippen molar-refractivity contribution < 1.29 is 0 Å². The van der Waals surface area contributed by atoms with E-state index >= 15 is 0 Å². The minimum absolute atomic E-state index is 0.448.